The van der Waals surface area contributed by atoms with E-state index in [-0.39, 0.29) is 11.5 Å². The molecule has 0 aliphatic carbocycles. The summed E-state index contributed by atoms with van der Waals surface area (Å²) in [5.74, 6) is 0.498. The molecule has 0 aliphatic rings. The van der Waals surface area contributed by atoms with E-state index in [1.54, 1.807) is 30.3 Å². The fourth-order valence-electron chi connectivity index (χ4n) is 0.921. The summed E-state index contributed by atoms with van der Waals surface area (Å²) in [6.07, 6.45) is 0. The van der Waals surface area contributed by atoms with E-state index in [1.807, 2.05) is 12.9 Å². The highest BCUT2D eigenvalue weighted by molar-refractivity contribution is 5.30. The quantitative estimate of drug-likeness (QED) is 0.653. The Bertz CT molecular complexity index is 398. The molecule has 0 fully saturated rings. The van der Waals surface area contributed by atoms with E-state index >= 15 is 0 Å². The molecule has 0 amide bonds. The molecule has 90 valence electrons. The highest BCUT2D eigenvalue weighted by Gasteiger charge is 1.85. The molecule has 0 spiro atoms. The summed E-state index contributed by atoms with van der Waals surface area (Å²) < 4.78 is 0. The molecule has 4 nitrogen and oxygen atoms in total. The Kier molecular flexibility index (Phi) is 7.50. The van der Waals surface area contributed by atoms with E-state index in [2.05, 4.69) is 0 Å². The van der Waals surface area contributed by atoms with Gasteiger partial charge in [-0.05, 0) is 24.3 Å². The van der Waals surface area contributed by atoms with Gasteiger partial charge in [-0.1, -0.05) is 24.3 Å². The van der Waals surface area contributed by atoms with Crippen molar-refractivity contribution >= 4 is 6.79 Å². The predicted octanol–water partition coefficient (Wildman–Crippen LogP) is 2.31. The van der Waals surface area contributed by atoms with Gasteiger partial charge in [-0.3, -0.25) is 0 Å². The fraction of sp³-hybridized carbons (Fsp3) is 0. The average molecular weight is 234 g/mol. The SMILES string of the molecule is C=O.Oc1cccc(O)c1.Oc1ccccc1. The Morgan fingerprint density at radius 3 is 1.29 bits per heavy atom. The lowest BCUT2D eigenvalue weighted by Crippen LogP contribution is -1.61. The summed E-state index contributed by atoms with van der Waals surface area (Å²) in [6, 6.07) is 14.6. The van der Waals surface area contributed by atoms with Crippen LogP contribution in [0.4, 0.5) is 0 Å². The Morgan fingerprint density at radius 1 is 0.647 bits per heavy atom. The van der Waals surface area contributed by atoms with Crippen LogP contribution in [-0.2, 0) is 4.79 Å². The number of aromatic hydroxyl groups is 3. The van der Waals surface area contributed by atoms with Gasteiger partial charge >= 0.3 is 0 Å². The third-order valence-electron chi connectivity index (χ3n) is 1.59. The van der Waals surface area contributed by atoms with Crippen LogP contribution in [0.1, 0.15) is 0 Å². The topological polar surface area (TPSA) is 77.8 Å². The molecule has 0 unspecified atom stereocenters. The number of benzene rings is 2. The summed E-state index contributed by atoms with van der Waals surface area (Å²) in [5.41, 5.74) is 0. The molecular weight excluding hydrogens is 220 g/mol. The van der Waals surface area contributed by atoms with Crippen LogP contribution in [0.15, 0.2) is 54.6 Å². The lowest BCUT2D eigenvalue weighted by Gasteiger charge is -1.89. The van der Waals surface area contributed by atoms with Crippen LogP contribution >= 0.6 is 0 Å². The molecule has 2 rings (SSSR count). The molecule has 3 N–H and O–H groups in total. The van der Waals surface area contributed by atoms with Gasteiger partial charge in [-0.2, -0.15) is 0 Å². The van der Waals surface area contributed by atoms with E-state index in [0.29, 0.717) is 5.75 Å². The maximum Gasteiger partial charge on any atom is 0.119 e. The van der Waals surface area contributed by atoms with E-state index in [0.717, 1.165) is 0 Å². The van der Waals surface area contributed by atoms with Gasteiger partial charge in [0, 0.05) is 6.07 Å². The van der Waals surface area contributed by atoms with Crippen LogP contribution in [0.2, 0.25) is 0 Å². The van der Waals surface area contributed by atoms with Gasteiger partial charge in [0.15, 0.2) is 0 Å². The first-order chi connectivity index (χ1) is 8.18. The van der Waals surface area contributed by atoms with Crippen molar-refractivity contribution in [3.63, 3.8) is 0 Å². The van der Waals surface area contributed by atoms with Gasteiger partial charge < -0.3 is 20.1 Å². The summed E-state index contributed by atoms with van der Waals surface area (Å²) in [4.78, 5) is 8.00. The monoisotopic (exact) mass is 234 g/mol. The number of phenols is 3. The van der Waals surface area contributed by atoms with Gasteiger partial charge in [0.1, 0.15) is 24.0 Å². The number of carbonyl (C=O) groups is 1. The van der Waals surface area contributed by atoms with Gasteiger partial charge in [-0.25, -0.2) is 0 Å². The van der Waals surface area contributed by atoms with E-state index in [1.165, 1.54) is 18.2 Å². The van der Waals surface area contributed by atoms with E-state index in [4.69, 9.17) is 20.1 Å². The van der Waals surface area contributed by atoms with Crippen molar-refractivity contribution in [2.24, 2.45) is 0 Å². The zero-order valence-corrected chi connectivity index (χ0v) is 9.15. The van der Waals surface area contributed by atoms with Crippen molar-refractivity contribution in [3.8, 4) is 17.2 Å². The maximum atomic E-state index is 8.65. The lowest BCUT2D eigenvalue weighted by atomic mass is 10.3. The molecular formula is C13H14O4. The third-order valence-corrected chi connectivity index (χ3v) is 1.59. The number of carbonyl (C=O) groups excluding carboxylic acids is 1. The number of rotatable bonds is 0. The largest absolute Gasteiger partial charge is 0.508 e. The lowest BCUT2D eigenvalue weighted by molar-refractivity contribution is -0.0979. The molecule has 4 heteroatoms. The van der Waals surface area contributed by atoms with E-state index in [9.17, 15) is 0 Å². The molecule has 0 heterocycles. The van der Waals surface area contributed by atoms with E-state index < -0.39 is 0 Å². The van der Waals surface area contributed by atoms with Crippen molar-refractivity contribution < 1.29 is 20.1 Å². The third kappa shape index (κ3) is 7.44. The first-order valence-electron chi connectivity index (χ1n) is 4.69. The molecule has 0 saturated heterocycles. The van der Waals surface area contributed by atoms with Crippen molar-refractivity contribution in [3.05, 3.63) is 54.6 Å². The zero-order valence-electron chi connectivity index (χ0n) is 9.15. The molecule has 0 aromatic heterocycles. The first kappa shape index (κ1) is 14.5. The summed E-state index contributed by atoms with van der Waals surface area (Å²) >= 11 is 0. The van der Waals surface area contributed by atoms with Crippen molar-refractivity contribution in [1.82, 2.24) is 0 Å². The molecule has 0 aliphatic heterocycles. The second-order valence-corrected chi connectivity index (χ2v) is 2.86. The van der Waals surface area contributed by atoms with Gasteiger partial charge in [0.05, 0.1) is 0 Å². The molecule has 2 aromatic rings. The molecule has 0 bridgehead atoms. The number of phenolic OH excluding ortho intramolecular Hbond substituents is 3. The molecule has 0 saturated carbocycles. The molecule has 0 radical (unpaired) electrons. The smallest absolute Gasteiger partial charge is 0.119 e. The minimum absolute atomic E-state index is 0.0880. The minimum atomic E-state index is 0.0880. The standard InChI is InChI=1S/C6H6O2.C6H6O.CH2O/c7-5-2-1-3-6(8)4-5;7-6-4-2-1-3-5-6;1-2/h1-4,7-8H;1-5,7H;1H2. The Labute approximate surface area is 99.4 Å². The minimum Gasteiger partial charge on any atom is -0.508 e. The van der Waals surface area contributed by atoms with Crippen LogP contribution < -0.4 is 0 Å². The Hall–Kier alpha value is -2.49. The normalized spacial score (nSPS) is 8.00. The van der Waals surface area contributed by atoms with Crippen LogP contribution in [0, 0.1) is 0 Å². The van der Waals surface area contributed by atoms with Gasteiger partial charge in [0.25, 0.3) is 0 Å². The van der Waals surface area contributed by atoms with Crippen molar-refractivity contribution in [2.75, 3.05) is 0 Å². The summed E-state index contributed by atoms with van der Waals surface area (Å²) in [7, 11) is 0. The van der Waals surface area contributed by atoms with Crippen LogP contribution in [0.3, 0.4) is 0 Å². The summed E-state index contributed by atoms with van der Waals surface area (Å²) in [6.45, 7) is 2.00. The van der Waals surface area contributed by atoms with Crippen LogP contribution in [0.25, 0.3) is 0 Å². The van der Waals surface area contributed by atoms with Crippen LogP contribution in [0.5, 0.6) is 17.2 Å². The fourth-order valence-corrected chi connectivity index (χ4v) is 0.921. The maximum absolute atomic E-state index is 8.65. The number of hydrogen-bond donors (Lipinski definition) is 3. The van der Waals surface area contributed by atoms with Gasteiger partial charge in [-0.15, -0.1) is 0 Å². The van der Waals surface area contributed by atoms with Gasteiger partial charge in [0.2, 0.25) is 0 Å². The molecule has 0 atom stereocenters. The zero-order chi connectivity index (χ0) is 13.1. The second-order valence-electron chi connectivity index (χ2n) is 2.86. The Balaban J connectivity index is 0.000000265. The number of hydrogen-bond acceptors (Lipinski definition) is 4. The molecule has 17 heavy (non-hydrogen) atoms. The number of para-hydroxylation sites is 1. The highest BCUT2D eigenvalue weighted by atomic mass is 16.3. The second kappa shape index (κ2) is 8.79. The Morgan fingerprint density at radius 2 is 1.06 bits per heavy atom. The van der Waals surface area contributed by atoms with Crippen LogP contribution in [-0.4, -0.2) is 22.1 Å². The van der Waals surface area contributed by atoms with Crippen molar-refractivity contribution in [2.45, 2.75) is 0 Å². The average Bonchev–Trinajstić information content (AvgIpc) is 2.33. The highest BCUT2D eigenvalue weighted by Crippen LogP contribution is 2.14. The predicted molar refractivity (Wildman–Crippen MR) is 65.0 cm³/mol. The molecule has 2 aromatic carbocycles. The van der Waals surface area contributed by atoms with Crippen molar-refractivity contribution in [1.29, 1.82) is 0 Å². The first-order valence-corrected chi connectivity index (χ1v) is 4.69. The summed E-state index contributed by atoms with van der Waals surface area (Å²) in [5, 5.41) is 25.9.